The maximum Gasteiger partial charge on any atom is 0.347 e. The largest absolute Gasteiger partial charge is 0.479 e. The minimum atomic E-state index is -0.656. The molecule has 2 aromatic carbocycles. The summed E-state index contributed by atoms with van der Waals surface area (Å²) in [5, 5.41) is 0. The normalized spacial score (nSPS) is 11.5. The van der Waals surface area contributed by atoms with Crippen LogP contribution in [0.1, 0.15) is 13.8 Å². The maximum absolute atomic E-state index is 11.5. The number of para-hydroxylation sites is 1. The Morgan fingerprint density at radius 1 is 1.00 bits per heavy atom. The van der Waals surface area contributed by atoms with E-state index in [-0.39, 0.29) is 5.97 Å². The standard InChI is InChI=1S/C17H18O4/c1-3-19-17(18)13(2)20-15-10-7-11-16(12-15)21-14-8-5-4-6-9-14/h4-13H,3H2,1-2H3. The van der Waals surface area contributed by atoms with Gasteiger partial charge in [0.05, 0.1) is 6.61 Å². The van der Waals surface area contributed by atoms with Crippen LogP contribution in [0.25, 0.3) is 0 Å². The molecule has 0 aliphatic heterocycles. The Labute approximate surface area is 124 Å². The number of hydrogen-bond donors (Lipinski definition) is 0. The second kappa shape index (κ2) is 7.33. The highest BCUT2D eigenvalue weighted by Crippen LogP contribution is 2.25. The van der Waals surface area contributed by atoms with E-state index in [1.165, 1.54) is 0 Å². The summed E-state index contributed by atoms with van der Waals surface area (Å²) in [4.78, 5) is 11.5. The van der Waals surface area contributed by atoms with E-state index in [0.717, 1.165) is 5.75 Å². The van der Waals surface area contributed by atoms with Crippen molar-refractivity contribution < 1.29 is 19.0 Å². The van der Waals surface area contributed by atoms with Crippen LogP contribution in [0.5, 0.6) is 17.2 Å². The van der Waals surface area contributed by atoms with Crippen molar-refractivity contribution in [3.05, 3.63) is 54.6 Å². The van der Waals surface area contributed by atoms with Crippen LogP contribution in [0.2, 0.25) is 0 Å². The van der Waals surface area contributed by atoms with E-state index in [9.17, 15) is 4.79 Å². The minimum Gasteiger partial charge on any atom is -0.479 e. The summed E-state index contributed by atoms with van der Waals surface area (Å²) < 4.78 is 16.2. The number of benzene rings is 2. The molecule has 2 rings (SSSR count). The quantitative estimate of drug-likeness (QED) is 0.757. The van der Waals surface area contributed by atoms with Crippen LogP contribution in [0.15, 0.2) is 54.6 Å². The molecular formula is C17H18O4. The van der Waals surface area contributed by atoms with Crippen LogP contribution in [-0.2, 0) is 9.53 Å². The summed E-state index contributed by atoms with van der Waals surface area (Å²) in [6, 6.07) is 16.6. The third-order valence-electron chi connectivity index (χ3n) is 2.72. The van der Waals surface area contributed by atoms with Crippen LogP contribution >= 0.6 is 0 Å². The molecule has 0 fully saturated rings. The van der Waals surface area contributed by atoms with Gasteiger partial charge in [-0.2, -0.15) is 0 Å². The third kappa shape index (κ3) is 4.53. The van der Waals surface area contributed by atoms with Gasteiger partial charge in [-0.15, -0.1) is 0 Å². The van der Waals surface area contributed by atoms with E-state index in [4.69, 9.17) is 14.2 Å². The topological polar surface area (TPSA) is 44.8 Å². The predicted octanol–water partition coefficient (Wildman–Crippen LogP) is 3.81. The third-order valence-corrected chi connectivity index (χ3v) is 2.72. The SMILES string of the molecule is CCOC(=O)C(C)Oc1cccc(Oc2ccccc2)c1. The Bertz CT molecular complexity index is 580. The van der Waals surface area contributed by atoms with Crippen molar-refractivity contribution in [2.24, 2.45) is 0 Å². The minimum absolute atomic E-state index is 0.337. The zero-order chi connectivity index (χ0) is 15.1. The highest BCUT2D eigenvalue weighted by molar-refractivity contribution is 5.74. The summed E-state index contributed by atoms with van der Waals surface area (Å²) in [6.45, 7) is 3.76. The first-order chi connectivity index (χ1) is 10.2. The van der Waals surface area contributed by atoms with Crippen LogP contribution in [0.3, 0.4) is 0 Å². The Balaban J connectivity index is 2.02. The molecule has 0 aliphatic carbocycles. The fourth-order valence-electron chi connectivity index (χ4n) is 1.75. The van der Waals surface area contributed by atoms with E-state index in [1.54, 1.807) is 26.0 Å². The van der Waals surface area contributed by atoms with Crippen LogP contribution in [0, 0.1) is 0 Å². The van der Waals surface area contributed by atoms with E-state index in [1.807, 2.05) is 42.5 Å². The van der Waals surface area contributed by atoms with E-state index in [0.29, 0.717) is 18.1 Å². The van der Waals surface area contributed by atoms with Crippen molar-refractivity contribution in [3.63, 3.8) is 0 Å². The fourth-order valence-corrected chi connectivity index (χ4v) is 1.75. The smallest absolute Gasteiger partial charge is 0.347 e. The van der Waals surface area contributed by atoms with Crippen molar-refractivity contribution >= 4 is 5.97 Å². The van der Waals surface area contributed by atoms with Crippen LogP contribution in [0.4, 0.5) is 0 Å². The lowest BCUT2D eigenvalue weighted by Gasteiger charge is -2.14. The average Bonchev–Trinajstić information content (AvgIpc) is 2.49. The average molecular weight is 286 g/mol. The zero-order valence-electron chi connectivity index (χ0n) is 12.1. The number of ether oxygens (including phenoxy) is 3. The van der Waals surface area contributed by atoms with Gasteiger partial charge >= 0.3 is 5.97 Å². The summed E-state index contributed by atoms with van der Waals surface area (Å²) in [7, 11) is 0. The molecule has 1 unspecified atom stereocenters. The lowest BCUT2D eigenvalue weighted by atomic mass is 10.3. The number of esters is 1. The molecule has 21 heavy (non-hydrogen) atoms. The number of carbonyl (C=O) groups excluding carboxylic acids is 1. The van der Waals surface area contributed by atoms with Gasteiger partial charge in [-0.1, -0.05) is 24.3 Å². The molecule has 4 nitrogen and oxygen atoms in total. The maximum atomic E-state index is 11.5. The predicted molar refractivity (Wildman–Crippen MR) is 79.7 cm³/mol. The molecular weight excluding hydrogens is 268 g/mol. The molecule has 0 bridgehead atoms. The van der Waals surface area contributed by atoms with E-state index < -0.39 is 6.10 Å². The molecule has 1 atom stereocenters. The van der Waals surface area contributed by atoms with Gasteiger partial charge < -0.3 is 14.2 Å². The molecule has 0 spiro atoms. The molecule has 110 valence electrons. The Kier molecular flexibility index (Phi) is 5.21. The molecule has 0 saturated heterocycles. The monoisotopic (exact) mass is 286 g/mol. The molecule has 0 amide bonds. The van der Waals surface area contributed by atoms with Gasteiger partial charge in [0, 0.05) is 6.07 Å². The van der Waals surface area contributed by atoms with Gasteiger partial charge in [0.15, 0.2) is 6.10 Å². The van der Waals surface area contributed by atoms with Crippen molar-refractivity contribution in [3.8, 4) is 17.2 Å². The molecule has 2 aromatic rings. The van der Waals surface area contributed by atoms with Crippen LogP contribution < -0.4 is 9.47 Å². The fraction of sp³-hybridized carbons (Fsp3) is 0.235. The van der Waals surface area contributed by atoms with Crippen molar-refractivity contribution in [1.82, 2.24) is 0 Å². The van der Waals surface area contributed by atoms with Crippen molar-refractivity contribution in [1.29, 1.82) is 0 Å². The van der Waals surface area contributed by atoms with Gasteiger partial charge in [-0.05, 0) is 38.1 Å². The molecule has 4 heteroatoms. The highest BCUT2D eigenvalue weighted by Gasteiger charge is 2.15. The molecule has 0 heterocycles. The van der Waals surface area contributed by atoms with Gasteiger partial charge in [0.1, 0.15) is 17.2 Å². The summed E-state index contributed by atoms with van der Waals surface area (Å²) in [6.07, 6.45) is -0.656. The van der Waals surface area contributed by atoms with Gasteiger partial charge in [0.25, 0.3) is 0 Å². The summed E-state index contributed by atoms with van der Waals surface area (Å²) in [5.41, 5.74) is 0. The highest BCUT2D eigenvalue weighted by atomic mass is 16.6. The summed E-state index contributed by atoms with van der Waals surface area (Å²) >= 11 is 0. The molecule has 0 saturated carbocycles. The Hall–Kier alpha value is -2.49. The zero-order valence-corrected chi connectivity index (χ0v) is 12.1. The molecule has 0 N–H and O–H groups in total. The second-order valence-electron chi connectivity index (χ2n) is 4.40. The molecule has 0 aliphatic rings. The van der Waals surface area contributed by atoms with Gasteiger partial charge in [-0.3, -0.25) is 0 Å². The number of hydrogen-bond acceptors (Lipinski definition) is 4. The van der Waals surface area contributed by atoms with E-state index in [2.05, 4.69) is 0 Å². The van der Waals surface area contributed by atoms with Crippen molar-refractivity contribution in [2.75, 3.05) is 6.61 Å². The molecule has 0 radical (unpaired) electrons. The number of rotatable bonds is 6. The first-order valence-electron chi connectivity index (χ1n) is 6.85. The van der Waals surface area contributed by atoms with Crippen molar-refractivity contribution in [2.45, 2.75) is 20.0 Å². The lowest BCUT2D eigenvalue weighted by molar-refractivity contribution is -0.150. The first kappa shape index (κ1) is 14.9. The lowest BCUT2D eigenvalue weighted by Crippen LogP contribution is -2.26. The summed E-state index contributed by atoms with van der Waals surface area (Å²) in [5.74, 6) is 1.57. The Morgan fingerprint density at radius 2 is 1.67 bits per heavy atom. The Morgan fingerprint density at radius 3 is 2.38 bits per heavy atom. The number of carbonyl (C=O) groups is 1. The van der Waals surface area contributed by atoms with Gasteiger partial charge in [0.2, 0.25) is 0 Å². The van der Waals surface area contributed by atoms with Crippen LogP contribution in [-0.4, -0.2) is 18.7 Å². The van der Waals surface area contributed by atoms with Gasteiger partial charge in [-0.25, -0.2) is 4.79 Å². The molecule has 0 aromatic heterocycles. The second-order valence-corrected chi connectivity index (χ2v) is 4.40. The van der Waals surface area contributed by atoms with E-state index >= 15 is 0 Å². The first-order valence-corrected chi connectivity index (χ1v) is 6.85.